The molecule has 1 amide bonds. The predicted octanol–water partition coefficient (Wildman–Crippen LogP) is 3.34. The Labute approximate surface area is 146 Å². The van der Waals surface area contributed by atoms with Crippen LogP contribution in [-0.2, 0) is 9.53 Å². The Morgan fingerprint density at radius 1 is 1.28 bits per heavy atom. The summed E-state index contributed by atoms with van der Waals surface area (Å²) in [7, 11) is 0. The van der Waals surface area contributed by atoms with Gasteiger partial charge in [0.1, 0.15) is 11.1 Å². The van der Waals surface area contributed by atoms with Gasteiger partial charge in [0.25, 0.3) is 5.91 Å². The van der Waals surface area contributed by atoms with Crippen molar-refractivity contribution in [3.05, 3.63) is 35.6 Å². The summed E-state index contributed by atoms with van der Waals surface area (Å²) in [6.45, 7) is 8.52. The van der Waals surface area contributed by atoms with Crippen LogP contribution < -0.4 is 5.32 Å². The summed E-state index contributed by atoms with van der Waals surface area (Å²) in [4.78, 5) is 24.6. The smallest absolute Gasteiger partial charge is 0.375 e. The van der Waals surface area contributed by atoms with Gasteiger partial charge < -0.3 is 14.5 Å². The van der Waals surface area contributed by atoms with E-state index >= 15 is 0 Å². The van der Waals surface area contributed by atoms with Crippen molar-refractivity contribution in [2.24, 2.45) is 5.92 Å². The number of rotatable bonds is 5. The lowest BCUT2D eigenvalue weighted by Crippen LogP contribution is -2.52. The summed E-state index contributed by atoms with van der Waals surface area (Å²) < 4.78 is 10.8. The van der Waals surface area contributed by atoms with Crippen molar-refractivity contribution in [3.63, 3.8) is 0 Å². The molecule has 0 saturated carbocycles. The molecule has 25 heavy (non-hydrogen) atoms. The number of hydrogen-bond donors (Lipinski definition) is 1. The second-order valence-corrected chi connectivity index (χ2v) is 6.56. The van der Waals surface area contributed by atoms with Gasteiger partial charge in [-0.25, -0.2) is 4.79 Å². The van der Waals surface area contributed by atoms with Crippen molar-refractivity contribution in [1.82, 2.24) is 5.32 Å². The molecule has 0 fully saturated rings. The molecule has 2 aromatic rings. The molecule has 1 N–H and O–H groups in total. The maximum absolute atomic E-state index is 12.4. The van der Waals surface area contributed by atoms with Gasteiger partial charge in [0, 0.05) is 10.9 Å². The quantitative estimate of drug-likeness (QED) is 0.841. The van der Waals surface area contributed by atoms with Crippen molar-refractivity contribution in [1.29, 1.82) is 5.26 Å². The number of carbonyl (C=O) groups excluding carboxylic acids is 2. The Morgan fingerprint density at radius 3 is 2.48 bits per heavy atom. The predicted molar refractivity (Wildman–Crippen MR) is 92.8 cm³/mol. The number of esters is 1. The van der Waals surface area contributed by atoms with E-state index < -0.39 is 23.5 Å². The monoisotopic (exact) mass is 342 g/mol. The van der Waals surface area contributed by atoms with Crippen molar-refractivity contribution in [2.45, 2.75) is 46.3 Å². The van der Waals surface area contributed by atoms with E-state index in [1.165, 1.54) is 6.92 Å². The van der Waals surface area contributed by atoms with Crippen LogP contribution in [-0.4, -0.2) is 23.5 Å². The topological polar surface area (TPSA) is 92.3 Å². The molecule has 2 atom stereocenters. The number of carbonyl (C=O) groups is 2. The number of fused-ring (bicyclic) bond motifs is 1. The Hall–Kier alpha value is -2.81. The molecule has 0 radical (unpaired) electrons. The lowest BCUT2D eigenvalue weighted by Gasteiger charge is -2.28. The fourth-order valence-corrected chi connectivity index (χ4v) is 2.30. The van der Waals surface area contributed by atoms with Crippen LogP contribution in [0, 0.1) is 24.2 Å². The van der Waals surface area contributed by atoms with Gasteiger partial charge >= 0.3 is 5.97 Å². The number of hydrogen-bond acceptors (Lipinski definition) is 5. The molecule has 1 aromatic heterocycles. The van der Waals surface area contributed by atoms with Gasteiger partial charge in [-0.3, -0.25) is 4.79 Å². The highest BCUT2D eigenvalue weighted by atomic mass is 16.6. The average Bonchev–Trinajstić information content (AvgIpc) is 2.91. The number of para-hydroxylation sites is 1. The van der Waals surface area contributed by atoms with Crippen molar-refractivity contribution in [3.8, 4) is 6.07 Å². The maximum Gasteiger partial charge on any atom is 0.375 e. The van der Waals surface area contributed by atoms with Crippen LogP contribution >= 0.6 is 0 Å². The van der Waals surface area contributed by atoms with Crippen LogP contribution in [0.3, 0.4) is 0 Å². The number of furan rings is 1. The molecule has 1 heterocycles. The van der Waals surface area contributed by atoms with Crippen molar-refractivity contribution >= 4 is 22.8 Å². The van der Waals surface area contributed by atoms with Crippen molar-refractivity contribution in [2.75, 3.05) is 0 Å². The first-order valence-electron chi connectivity index (χ1n) is 8.12. The highest BCUT2D eigenvalue weighted by Crippen LogP contribution is 2.25. The summed E-state index contributed by atoms with van der Waals surface area (Å²) in [6.07, 6.45) is -1.05. The second-order valence-electron chi connectivity index (χ2n) is 6.56. The first-order valence-corrected chi connectivity index (χ1v) is 8.12. The van der Waals surface area contributed by atoms with Crippen LogP contribution in [0.2, 0.25) is 0 Å². The van der Waals surface area contributed by atoms with E-state index in [-0.39, 0.29) is 11.7 Å². The van der Waals surface area contributed by atoms with E-state index in [4.69, 9.17) is 9.15 Å². The molecule has 0 aliphatic carbocycles. The largest absolute Gasteiger partial charge is 0.449 e. The Balaban J connectivity index is 2.13. The van der Waals surface area contributed by atoms with Crippen LogP contribution in [0.25, 0.3) is 11.0 Å². The molecular formula is C19H22N2O4. The van der Waals surface area contributed by atoms with Gasteiger partial charge in [-0.15, -0.1) is 0 Å². The molecule has 6 heteroatoms. The molecule has 0 bridgehead atoms. The first-order chi connectivity index (χ1) is 11.7. The molecule has 132 valence electrons. The number of nitriles is 1. The third kappa shape index (κ3) is 3.66. The Bertz CT molecular complexity index is 847. The standard InChI is InChI=1S/C19H22N2O4/c1-11(2)19(5,10-20)21-17(22)13(4)24-18(23)16-12(3)14-8-6-7-9-15(14)25-16/h6-9,11,13H,1-5H3,(H,21,22)/t13-,19-/m1/s1. The second kappa shape index (κ2) is 6.98. The number of nitrogens with one attached hydrogen (secondary N) is 1. The molecule has 6 nitrogen and oxygen atoms in total. The van der Waals surface area contributed by atoms with Crippen LogP contribution in [0.15, 0.2) is 28.7 Å². The fraction of sp³-hybridized carbons (Fsp3) is 0.421. The Morgan fingerprint density at radius 2 is 1.92 bits per heavy atom. The van der Waals surface area contributed by atoms with Crippen LogP contribution in [0.4, 0.5) is 0 Å². The molecule has 0 saturated heterocycles. The van der Waals surface area contributed by atoms with E-state index in [0.29, 0.717) is 11.1 Å². The van der Waals surface area contributed by atoms with Gasteiger partial charge in [-0.05, 0) is 32.8 Å². The number of ether oxygens (including phenoxy) is 1. The normalized spacial score (nSPS) is 14.6. The minimum absolute atomic E-state index is 0.0766. The molecule has 0 unspecified atom stereocenters. The third-order valence-corrected chi connectivity index (χ3v) is 4.45. The summed E-state index contributed by atoms with van der Waals surface area (Å²) in [6, 6.07) is 9.36. The lowest BCUT2D eigenvalue weighted by molar-refractivity contribution is -0.130. The highest BCUT2D eigenvalue weighted by Gasteiger charge is 2.33. The van der Waals surface area contributed by atoms with E-state index in [1.807, 2.05) is 32.0 Å². The summed E-state index contributed by atoms with van der Waals surface area (Å²) in [5.74, 6) is -1.26. The number of nitrogens with zero attached hydrogens (tertiary/aromatic N) is 1. The zero-order valence-corrected chi connectivity index (χ0v) is 15.0. The molecule has 0 aliphatic rings. The molecule has 1 aromatic carbocycles. The summed E-state index contributed by atoms with van der Waals surface area (Å²) >= 11 is 0. The Kier molecular flexibility index (Phi) is 5.17. The average molecular weight is 342 g/mol. The SMILES string of the molecule is Cc1c(C(=O)O[C@H](C)C(=O)N[C@](C)(C#N)C(C)C)oc2ccccc12. The van der Waals surface area contributed by atoms with Crippen molar-refractivity contribution < 1.29 is 18.7 Å². The summed E-state index contributed by atoms with van der Waals surface area (Å²) in [5.41, 5.74) is 0.214. The van der Waals surface area contributed by atoms with E-state index in [9.17, 15) is 14.9 Å². The first kappa shape index (κ1) is 18.5. The van der Waals surface area contributed by atoms with E-state index in [0.717, 1.165) is 5.39 Å². The molecule has 0 spiro atoms. The summed E-state index contributed by atoms with van der Waals surface area (Å²) in [5, 5.41) is 12.7. The number of benzene rings is 1. The molecular weight excluding hydrogens is 320 g/mol. The zero-order valence-electron chi connectivity index (χ0n) is 15.0. The van der Waals surface area contributed by atoms with Crippen LogP contribution in [0.1, 0.15) is 43.8 Å². The fourth-order valence-electron chi connectivity index (χ4n) is 2.30. The zero-order chi connectivity index (χ0) is 18.8. The van der Waals surface area contributed by atoms with Gasteiger partial charge in [-0.1, -0.05) is 32.0 Å². The highest BCUT2D eigenvalue weighted by molar-refractivity contribution is 5.97. The van der Waals surface area contributed by atoms with E-state index in [2.05, 4.69) is 11.4 Å². The molecule has 2 rings (SSSR count). The number of amides is 1. The minimum atomic E-state index is -1.05. The molecule has 0 aliphatic heterocycles. The maximum atomic E-state index is 12.4. The van der Waals surface area contributed by atoms with Gasteiger partial charge in [0.15, 0.2) is 6.10 Å². The minimum Gasteiger partial charge on any atom is -0.449 e. The van der Waals surface area contributed by atoms with Gasteiger partial charge in [0.2, 0.25) is 5.76 Å². The third-order valence-electron chi connectivity index (χ3n) is 4.45. The van der Waals surface area contributed by atoms with Gasteiger partial charge in [0.05, 0.1) is 6.07 Å². The van der Waals surface area contributed by atoms with Crippen LogP contribution in [0.5, 0.6) is 0 Å². The lowest BCUT2D eigenvalue weighted by atomic mass is 9.90. The van der Waals surface area contributed by atoms with E-state index in [1.54, 1.807) is 19.9 Å². The number of aryl methyl sites for hydroxylation is 1. The van der Waals surface area contributed by atoms with Gasteiger partial charge in [-0.2, -0.15) is 5.26 Å².